The zero-order valence-corrected chi connectivity index (χ0v) is 18.9. The number of piperidine rings is 1. The molecular weight excluding hydrogens is 386 g/mol. The number of hydrogen-bond acceptors (Lipinski definition) is 4. The van der Waals surface area contributed by atoms with E-state index >= 15 is 0 Å². The van der Waals surface area contributed by atoms with Crippen molar-refractivity contribution < 1.29 is 14.3 Å². The molecule has 2 aliphatic carbocycles. The molecule has 5 fully saturated rings. The predicted octanol–water partition coefficient (Wildman–Crippen LogP) is 4.47. The number of carbonyl (C=O) groups is 1. The first-order valence-corrected chi connectivity index (χ1v) is 12.7. The molecule has 1 aromatic carbocycles. The molecule has 0 N–H and O–H groups in total. The quantitative estimate of drug-likeness (QED) is 0.529. The first-order valence-electron chi connectivity index (χ1n) is 12.7. The number of carbonyl (C=O) groups excluding carboxylic acids is 1. The maximum absolute atomic E-state index is 12.9. The second-order valence-corrected chi connectivity index (χ2v) is 11.5. The Labute approximate surface area is 186 Å². The summed E-state index contributed by atoms with van der Waals surface area (Å²) in [4.78, 5) is 15.5. The third-order valence-corrected chi connectivity index (χ3v) is 9.61. The predicted molar refractivity (Wildman–Crippen MR) is 120 cm³/mol. The minimum atomic E-state index is 0.0675. The molecule has 168 valence electrons. The number of epoxide rings is 1. The van der Waals surface area contributed by atoms with Gasteiger partial charge >= 0.3 is 5.97 Å². The van der Waals surface area contributed by atoms with Crippen molar-refractivity contribution in [1.29, 1.82) is 0 Å². The zero-order chi connectivity index (χ0) is 21.1. The topological polar surface area (TPSA) is 42.1 Å². The van der Waals surface area contributed by atoms with E-state index in [1.54, 1.807) is 0 Å². The normalized spacial score (nSPS) is 42.8. The van der Waals surface area contributed by atoms with Gasteiger partial charge in [-0.25, -0.2) is 0 Å². The van der Waals surface area contributed by atoms with E-state index in [4.69, 9.17) is 9.47 Å². The number of likely N-dealkylation sites (tertiary alicyclic amines) is 1. The maximum Gasteiger partial charge on any atom is 0.310 e. The number of benzene rings is 1. The van der Waals surface area contributed by atoms with Gasteiger partial charge in [-0.05, 0) is 87.3 Å². The van der Waals surface area contributed by atoms with Crippen molar-refractivity contribution in [3.8, 4) is 0 Å². The van der Waals surface area contributed by atoms with Gasteiger partial charge in [0.2, 0.25) is 0 Å². The molecule has 1 spiro atoms. The summed E-state index contributed by atoms with van der Waals surface area (Å²) in [5.41, 5.74) is 1.89. The fourth-order valence-electron chi connectivity index (χ4n) is 7.76. The molecule has 31 heavy (non-hydrogen) atoms. The van der Waals surface area contributed by atoms with Crippen LogP contribution in [0.25, 0.3) is 0 Å². The van der Waals surface area contributed by atoms with E-state index in [0.29, 0.717) is 17.3 Å². The van der Waals surface area contributed by atoms with E-state index in [2.05, 4.69) is 42.2 Å². The summed E-state index contributed by atoms with van der Waals surface area (Å²) in [6, 6.07) is 10.9. The first-order chi connectivity index (χ1) is 15.0. The Morgan fingerprint density at radius 3 is 2.65 bits per heavy atom. The van der Waals surface area contributed by atoms with Crippen LogP contribution in [-0.2, 0) is 20.7 Å². The number of hydrogen-bond donors (Lipinski definition) is 0. The molecular formula is C27H37NO3. The van der Waals surface area contributed by atoms with Crippen molar-refractivity contribution in [1.82, 2.24) is 4.90 Å². The van der Waals surface area contributed by atoms with E-state index in [-0.39, 0.29) is 23.6 Å². The van der Waals surface area contributed by atoms with Gasteiger partial charge in [0.15, 0.2) is 0 Å². The van der Waals surface area contributed by atoms with Crippen LogP contribution in [0.3, 0.4) is 0 Å². The van der Waals surface area contributed by atoms with E-state index in [1.807, 2.05) is 0 Å². The minimum Gasteiger partial charge on any atom is -0.462 e. The number of rotatable bonds is 4. The molecule has 0 amide bonds. The molecule has 0 bridgehead atoms. The van der Waals surface area contributed by atoms with Crippen molar-refractivity contribution in [2.45, 2.75) is 70.0 Å². The van der Waals surface area contributed by atoms with E-state index < -0.39 is 0 Å². The SMILES string of the molecule is C[C@]12CCC[C@]3(CO3)[C@@H]1C[C@@H]1[C@H](CN3CCC(Cc4ccccc4)CC3)C(=O)O[C@@H]1C2. The lowest BCUT2D eigenvalue weighted by molar-refractivity contribution is -0.147. The van der Waals surface area contributed by atoms with Gasteiger partial charge in [-0.2, -0.15) is 0 Å². The van der Waals surface area contributed by atoms with Crippen molar-refractivity contribution >= 4 is 5.97 Å². The lowest BCUT2D eigenvalue weighted by Crippen LogP contribution is -2.51. The monoisotopic (exact) mass is 423 g/mol. The fraction of sp³-hybridized carbons (Fsp3) is 0.741. The van der Waals surface area contributed by atoms with Gasteiger partial charge in [-0.3, -0.25) is 4.79 Å². The van der Waals surface area contributed by atoms with Crippen molar-refractivity contribution in [3.05, 3.63) is 35.9 Å². The highest BCUT2D eigenvalue weighted by molar-refractivity contribution is 5.75. The van der Waals surface area contributed by atoms with E-state index in [9.17, 15) is 4.79 Å². The van der Waals surface area contributed by atoms with Crippen LogP contribution in [0, 0.1) is 29.1 Å². The Bertz CT molecular complexity index is 813. The van der Waals surface area contributed by atoms with Crippen LogP contribution in [-0.4, -0.2) is 48.8 Å². The Hall–Kier alpha value is -1.39. The van der Waals surface area contributed by atoms with Gasteiger partial charge in [0, 0.05) is 12.5 Å². The molecule has 6 rings (SSSR count). The summed E-state index contributed by atoms with van der Waals surface area (Å²) in [5.74, 6) is 1.93. The number of esters is 1. The number of fused-ring (bicyclic) bond motifs is 3. The molecule has 1 aromatic rings. The zero-order valence-electron chi connectivity index (χ0n) is 18.9. The van der Waals surface area contributed by atoms with Gasteiger partial charge in [0.25, 0.3) is 0 Å². The van der Waals surface area contributed by atoms with Gasteiger partial charge in [0.1, 0.15) is 6.10 Å². The summed E-state index contributed by atoms with van der Waals surface area (Å²) in [7, 11) is 0. The van der Waals surface area contributed by atoms with Gasteiger partial charge in [-0.15, -0.1) is 0 Å². The third kappa shape index (κ3) is 3.64. The molecule has 0 radical (unpaired) electrons. The standard InChI is InChI=1S/C27H37NO3/c1-26-10-5-11-27(18-30-27)24(26)15-21-22(25(29)31-23(21)16-26)17-28-12-8-20(9-13-28)14-19-6-3-2-4-7-19/h2-4,6-7,20-24H,5,8-18H2,1H3/t21-,22+,23-,24-,26-,27+/m1/s1. The minimum absolute atomic E-state index is 0.0675. The van der Waals surface area contributed by atoms with Crippen molar-refractivity contribution in [2.75, 3.05) is 26.2 Å². The maximum atomic E-state index is 12.9. The van der Waals surface area contributed by atoms with Crippen LogP contribution in [0.4, 0.5) is 0 Å². The second-order valence-electron chi connectivity index (χ2n) is 11.5. The summed E-state index contributed by atoms with van der Waals surface area (Å²) >= 11 is 0. The van der Waals surface area contributed by atoms with E-state index in [0.717, 1.165) is 45.0 Å². The van der Waals surface area contributed by atoms with Crippen LogP contribution in [0.5, 0.6) is 0 Å². The molecule has 4 nitrogen and oxygen atoms in total. The molecule has 6 atom stereocenters. The smallest absolute Gasteiger partial charge is 0.310 e. The highest BCUT2D eigenvalue weighted by atomic mass is 16.6. The molecule has 3 aliphatic heterocycles. The van der Waals surface area contributed by atoms with Crippen LogP contribution >= 0.6 is 0 Å². The second kappa shape index (κ2) is 7.59. The molecule has 0 unspecified atom stereocenters. The van der Waals surface area contributed by atoms with E-state index in [1.165, 1.54) is 44.1 Å². The highest BCUT2D eigenvalue weighted by Gasteiger charge is 2.65. The Kier molecular flexibility index (Phi) is 4.95. The third-order valence-electron chi connectivity index (χ3n) is 9.61. The summed E-state index contributed by atoms with van der Waals surface area (Å²) < 4.78 is 12.1. The van der Waals surface area contributed by atoms with Crippen molar-refractivity contribution in [3.63, 3.8) is 0 Å². The Balaban J connectivity index is 1.08. The lowest BCUT2D eigenvalue weighted by Gasteiger charge is -2.51. The highest BCUT2D eigenvalue weighted by Crippen LogP contribution is 2.62. The molecule has 2 saturated carbocycles. The summed E-state index contributed by atoms with van der Waals surface area (Å²) in [6.07, 6.45) is 9.74. The van der Waals surface area contributed by atoms with Crippen LogP contribution in [0.1, 0.15) is 57.4 Å². The molecule has 3 saturated heterocycles. The summed E-state index contributed by atoms with van der Waals surface area (Å²) in [6.45, 7) is 6.52. The largest absolute Gasteiger partial charge is 0.462 e. The fourth-order valence-corrected chi connectivity index (χ4v) is 7.76. The number of ether oxygens (including phenoxy) is 2. The lowest BCUT2D eigenvalue weighted by atomic mass is 9.53. The molecule has 3 heterocycles. The van der Waals surface area contributed by atoms with Crippen LogP contribution in [0.15, 0.2) is 30.3 Å². The van der Waals surface area contributed by atoms with Gasteiger partial charge in [0.05, 0.1) is 18.1 Å². The van der Waals surface area contributed by atoms with Gasteiger partial charge in [-0.1, -0.05) is 37.3 Å². The van der Waals surface area contributed by atoms with Crippen LogP contribution in [0.2, 0.25) is 0 Å². The van der Waals surface area contributed by atoms with Gasteiger partial charge < -0.3 is 14.4 Å². The molecule has 5 aliphatic rings. The first kappa shape index (κ1) is 20.2. The average molecular weight is 424 g/mol. The van der Waals surface area contributed by atoms with Crippen molar-refractivity contribution in [2.24, 2.45) is 29.1 Å². The summed E-state index contributed by atoms with van der Waals surface area (Å²) in [5, 5.41) is 0. The molecule has 4 heteroatoms. The average Bonchev–Trinajstić information content (AvgIpc) is 3.47. The Morgan fingerprint density at radius 1 is 1.13 bits per heavy atom. The van der Waals surface area contributed by atoms with Crippen LogP contribution < -0.4 is 0 Å². The Morgan fingerprint density at radius 2 is 1.90 bits per heavy atom. The molecule has 0 aromatic heterocycles. The number of nitrogens with zero attached hydrogens (tertiary/aromatic N) is 1.